The average Bonchev–Trinajstić information content (AvgIpc) is 1.00. The first-order valence-corrected chi connectivity index (χ1v) is 1.36. The molecule has 0 rings (SSSR count). The van der Waals surface area contributed by atoms with Gasteiger partial charge in [0, 0.05) is 18.6 Å². The van der Waals surface area contributed by atoms with Crippen molar-refractivity contribution in [2.45, 2.75) is 0 Å². The molecule has 0 fully saturated rings. The van der Waals surface area contributed by atoms with E-state index in [0.29, 0.717) is 19.8 Å². The molecule has 0 saturated carbocycles. The smallest absolute Gasteiger partial charge is 0 e. The van der Waals surface area contributed by atoms with Gasteiger partial charge in [-0.25, -0.2) is 0 Å². The van der Waals surface area contributed by atoms with Crippen molar-refractivity contribution in [1.82, 2.24) is 0 Å². The summed E-state index contributed by atoms with van der Waals surface area (Å²) in [5, 5.41) is 0. The van der Waals surface area contributed by atoms with E-state index in [9.17, 15) is 0 Å². The van der Waals surface area contributed by atoms with Gasteiger partial charge in [-0.2, -0.15) is 0 Å². The maximum absolute atomic E-state index is 8.33. The fraction of sp³-hybridized carbons (Fsp3) is 0. The van der Waals surface area contributed by atoms with Crippen LogP contribution >= 0.6 is 0 Å². The van der Waals surface area contributed by atoms with Crippen LogP contribution in [0.1, 0.15) is 0 Å². The summed E-state index contributed by atoms with van der Waals surface area (Å²) in [5.74, 6) is 0. The van der Waals surface area contributed by atoms with Crippen molar-refractivity contribution < 1.29 is 68.9 Å². The molecule has 0 atom stereocenters. The van der Waals surface area contributed by atoms with Gasteiger partial charge in [0.25, 0.3) is 0 Å². The zero-order chi connectivity index (χ0) is 2.00. The number of rotatable bonds is 0. The molecule has 1 radical (unpaired) electrons. The van der Waals surface area contributed by atoms with Gasteiger partial charge in [0.15, 0.2) is 0 Å². The Bertz CT molecular complexity index is 9.61. The molecule has 0 heterocycles. The van der Waals surface area contributed by atoms with Gasteiger partial charge in [0.2, 0.25) is 0 Å². The second-order valence-electron chi connectivity index (χ2n) is 0. The Morgan fingerprint density at radius 3 is 1.20 bits per heavy atom. The normalized spacial score (nSPS) is 0.800. The molecule has 0 spiro atoms. The van der Waals surface area contributed by atoms with E-state index in [0.717, 1.165) is 0 Å². The standard InChI is InChI=1S/2O.Ti.V.W/q;-2;+4;;. The maximum Gasteiger partial charge on any atom is 4.00 e. The van der Waals surface area contributed by atoms with Crippen LogP contribution in [0.4, 0.5) is 0 Å². The molecule has 0 aliphatic rings. The predicted molar refractivity (Wildman–Crippen MR) is 1.37 cm³/mol. The molecule has 0 aromatic rings. The van der Waals surface area contributed by atoms with Crippen molar-refractivity contribution >= 4 is 0 Å². The summed E-state index contributed by atoms with van der Waals surface area (Å²) in [5.41, 5.74) is 0. The zero-order valence-electron chi connectivity index (χ0n) is 2.17. The third-order valence-electron chi connectivity index (χ3n) is 0. The van der Waals surface area contributed by atoms with Crippen LogP contribution in [0.15, 0.2) is 0 Å². The van der Waals surface area contributed by atoms with Crippen LogP contribution in [0.5, 0.6) is 0 Å². The third-order valence-corrected chi connectivity index (χ3v) is 0. The van der Waals surface area contributed by atoms with Crippen LogP contribution in [-0.2, 0) is 68.9 Å². The summed E-state index contributed by atoms with van der Waals surface area (Å²) in [6.07, 6.45) is 0. The Morgan fingerprint density at radius 1 is 1.20 bits per heavy atom. The number of hydrogen-bond acceptors (Lipinski definition) is 1. The van der Waals surface area contributed by atoms with E-state index in [-0.39, 0.29) is 45.7 Å². The quantitative estimate of drug-likeness (QED) is 0.569. The molecule has 0 amide bonds. The van der Waals surface area contributed by atoms with E-state index in [2.05, 4.69) is 0 Å². The Kier molecular flexibility index (Phi) is 251. The molecule has 0 N–H and O–H groups in total. The molecule has 0 saturated heterocycles. The summed E-state index contributed by atoms with van der Waals surface area (Å²) in [6, 6.07) is 0. The first-order valence-electron chi connectivity index (χ1n) is 0.167. The van der Waals surface area contributed by atoms with E-state index in [1.165, 1.54) is 0 Å². The average molecular weight is 315 g/mol. The summed E-state index contributed by atoms with van der Waals surface area (Å²) in [7, 11) is 0. The van der Waals surface area contributed by atoms with Crippen LogP contribution in [0, 0.1) is 0 Å². The molecule has 5 heteroatoms. The van der Waals surface area contributed by atoms with E-state index in [4.69, 9.17) is 3.40 Å². The van der Waals surface area contributed by atoms with Crippen molar-refractivity contribution in [2.24, 2.45) is 0 Å². The first-order chi connectivity index (χ1) is 1.00. The van der Waals surface area contributed by atoms with Crippen molar-refractivity contribution in [3.05, 3.63) is 0 Å². The van der Waals surface area contributed by atoms with Crippen molar-refractivity contribution in [3.8, 4) is 0 Å². The van der Waals surface area contributed by atoms with Gasteiger partial charge in [-0.15, -0.1) is 0 Å². The summed E-state index contributed by atoms with van der Waals surface area (Å²) >= 11 is 0.333. The minimum Gasteiger partial charge on any atom is 0 e. The van der Waals surface area contributed by atoms with Gasteiger partial charge in [-0.05, 0) is 0 Å². The minimum atomic E-state index is 0. The van der Waals surface area contributed by atoms with E-state index in [1.807, 2.05) is 0 Å². The Balaban J connectivity index is -0.00000000167. The van der Waals surface area contributed by atoms with Crippen LogP contribution in [-0.4, -0.2) is 0 Å². The van der Waals surface area contributed by atoms with Crippen LogP contribution < -0.4 is 0 Å². The molecule has 2 nitrogen and oxygen atoms in total. The van der Waals surface area contributed by atoms with Crippen LogP contribution in [0.3, 0.4) is 0 Å². The van der Waals surface area contributed by atoms with Gasteiger partial charge in [-0.3, -0.25) is 0 Å². The van der Waals surface area contributed by atoms with Crippen molar-refractivity contribution in [3.63, 3.8) is 0 Å². The fourth-order valence-electron chi connectivity index (χ4n) is 0. The molecule has 0 unspecified atom stereocenters. The second kappa shape index (κ2) is 42.4. The fourth-order valence-corrected chi connectivity index (χ4v) is 0. The van der Waals surface area contributed by atoms with Crippen LogP contribution in [0.25, 0.3) is 0 Å². The van der Waals surface area contributed by atoms with Gasteiger partial charge in [0.05, 0.1) is 0 Å². The molecule has 0 aliphatic carbocycles. The third kappa shape index (κ3) is 26.4. The molecule has 25 valence electrons. The Hall–Kier alpha value is 1.75. The van der Waals surface area contributed by atoms with E-state index < -0.39 is 0 Å². The molecular formula is O2TiVW+2. The molecular weight excluding hydrogens is 315 g/mol. The van der Waals surface area contributed by atoms with E-state index >= 15 is 0 Å². The zero-order valence-corrected chi connectivity index (χ0v) is 8.06. The largest absolute Gasteiger partial charge is 4.00 e. The van der Waals surface area contributed by atoms with Gasteiger partial charge >= 0.3 is 44.9 Å². The maximum atomic E-state index is 8.33. The number of hydrogen-bond donors (Lipinski definition) is 0. The summed E-state index contributed by atoms with van der Waals surface area (Å²) in [4.78, 5) is 0. The van der Waals surface area contributed by atoms with Gasteiger partial charge < -0.3 is 5.48 Å². The topological polar surface area (TPSA) is 45.6 Å². The molecule has 0 bridgehead atoms. The SMILES string of the molecule is [O-2].[O]=[W].[Ti+4].[V]. The van der Waals surface area contributed by atoms with Crippen molar-refractivity contribution in [1.29, 1.82) is 0 Å². The molecule has 5 heavy (non-hydrogen) atoms. The predicted octanol–water partition coefficient (Wildman–Crippen LogP) is -0.245. The minimum absolute atomic E-state index is 0. The second-order valence-corrected chi connectivity index (χ2v) is 0. The molecule has 0 aromatic carbocycles. The molecule has 0 aromatic heterocycles. The summed E-state index contributed by atoms with van der Waals surface area (Å²) < 4.78 is 8.33. The van der Waals surface area contributed by atoms with Crippen molar-refractivity contribution in [2.75, 3.05) is 0 Å². The van der Waals surface area contributed by atoms with E-state index in [1.54, 1.807) is 0 Å². The van der Waals surface area contributed by atoms with Gasteiger partial charge in [-0.1, -0.05) is 0 Å². The monoisotopic (exact) mass is 315 g/mol. The van der Waals surface area contributed by atoms with Gasteiger partial charge in [0.1, 0.15) is 0 Å². The Morgan fingerprint density at radius 2 is 1.20 bits per heavy atom. The summed E-state index contributed by atoms with van der Waals surface area (Å²) in [6.45, 7) is 0. The van der Waals surface area contributed by atoms with Crippen LogP contribution in [0.2, 0.25) is 0 Å². The Labute approximate surface area is 68.4 Å². The molecule has 0 aliphatic heterocycles. The first kappa shape index (κ1) is 29.5.